The van der Waals surface area contributed by atoms with Crippen molar-refractivity contribution in [3.8, 4) is 11.4 Å². The highest BCUT2D eigenvalue weighted by Crippen LogP contribution is 2.20. The summed E-state index contributed by atoms with van der Waals surface area (Å²) >= 11 is 0. The quantitative estimate of drug-likeness (QED) is 0.834. The first kappa shape index (κ1) is 17.4. The molecule has 1 atom stereocenters. The van der Waals surface area contributed by atoms with E-state index in [1.54, 1.807) is 29.4 Å². The van der Waals surface area contributed by atoms with E-state index >= 15 is 0 Å². The number of carbonyl (C=O) groups excluding carboxylic acids is 2. The molecule has 1 unspecified atom stereocenters. The van der Waals surface area contributed by atoms with Gasteiger partial charge in [0.2, 0.25) is 17.6 Å². The highest BCUT2D eigenvalue weighted by molar-refractivity contribution is 5.88. The van der Waals surface area contributed by atoms with Gasteiger partial charge in [-0.1, -0.05) is 18.0 Å². The second-order valence-corrected chi connectivity index (χ2v) is 6.88. The fourth-order valence-corrected chi connectivity index (χ4v) is 3.61. The first-order valence-electron chi connectivity index (χ1n) is 9.28. The number of aromatic nitrogens is 3. The Kier molecular flexibility index (Phi) is 4.99. The number of nitrogens with zero attached hydrogens (tertiary/aromatic N) is 4. The maximum absolute atomic E-state index is 12.7. The van der Waals surface area contributed by atoms with E-state index in [4.69, 9.17) is 4.52 Å². The molecule has 0 bridgehead atoms. The fourth-order valence-electron chi connectivity index (χ4n) is 3.61. The van der Waals surface area contributed by atoms with Crippen LogP contribution in [0.15, 0.2) is 29.0 Å². The summed E-state index contributed by atoms with van der Waals surface area (Å²) in [4.78, 5) is 35.0. The van der Waals surface area contributed by atoms with Gasteiger partial charge in [-0.25, -0.2) is 4.79 Å². The molecule has 0 radical (unpaired) electrons. The number of piperazine rings is 1. The van der Waals surface area contributed by atoms with Gasteiger partial charge in [0.1, 0.15) is 6.04 Å². The van der Waals surface area contributed by atoms with Crippen LogP contribution in [0.5, 0.6) is 0 Å². The van der Waals surface area contributed by atoms with E-state index in [0.717, 1.165) is 31.2 Å². The molecule has 3 amide bonds. The fraction of sp³-hybridized carbons (Fsp3) is 0.500. The van der Waals surface area contributed by atoms with Crippen molar-refractivity contribution >= 4 is 11.9 Å². The summed E-state index contributed by atoms with van der Waals surface area (Å²) in [6.07, 6.45) is 7.74. The summed E-state index contributed by atoms with van der Waals surface area (Å²) < 4.78 is 5.31. The Hall–Kier alpha value is -2.97. The van der Waals surface area contributed by atoms with Gasteiger partial charge in [-0.05, 0) is 25.0 Å². The molecule has 0 spiro atoms. The monoisotopic (exact) mass is 370 g/mol. The summed E-state index contributed by atoms with van der Waals surface area (Å²) in [5.41, 5.74) is 0.781. The van der Waals surface area contributed by atoms with Gasteiger partial charge in [0.15, 0.2) is 0 Å². The van der Waals surface area contributed by atoms with Gasteiger partial charge in [0, 0.05) is 37.1 Å². The first-order chi connectivity index (χ1) is 13.2. The molecular formula is C18H22N6O3. The van der Waals surface area contributed by atoms with E-state index in [1.165, 1.54) is 0 Å². The average molecular weight is 370 g/mol. The SMILES string of the molecule is O=C1NCCN(C(=O)NC2CCCC2)C1Cc1nc(-c2ccncc2)no1. The Labute approximate surface area is 156 Å². The average Bonchev–Trinajstić information content (AvgIpc) is 3.36. The molecule has 2 aliphatic rings. The molecule has 1 saturated carbocycles. The zero-order chi connectivity index (χ0) is 18.6. The van der Waals surface area contributed by atoms with E-state index in [9.17, 15) is 9.59 Å². The van der Waals surface area contributed by atoms with Crippen LogP contribution in [0.25, 0.3) is 11.4 Å². The minimum Gasteiger partial charge on any atom is -0.353 e. The van der Waals surface area contributed by atoms with E-state index < -0.39 is 6.04 Å². The van der Waals surface area contributed by atoms with E-state index in [-0.39, 0.29) is 24.4 Å². The topological polar surface area (TPSA) is 113 Å². The Morgan fingerprint density at radius 2 is 2.07 bits per heavy atom. The summed E-state index contributed by atoms with van der Waals surface area (Å²) in [5, 5.41) is 9.83. The van der Waals surface area contributed by atoms with E-state index in [2.05, 4.69) is 25.8 Å². The highest BCUT2D eigenvalue weighted by Gasteiger charge is 2.35. The van der Waals surface area contributed by atoms with Crippen LogP contribution >= 0.6 is 0 Å². The van der Waals surface area contributed by atoms with Crippen molar-refractivity contribution in [2.75, 3.05) is 13.1 Å². The van der Waals surface area contributed by atoms with Crippen LogP contribution in [0.2, 0.25) is 0 Å². The molecule has 2 aromatic heterocycles. The van der Waals surface area contributed by atoms with Crippen molar-refractivity contribution in [2.24, 2.45) is 0 Å². The Balaban J connectivity index is 1.47. The van der Waals surface area contributed by atoms with Crippen LogP contribution in [0.1, 0.15) is 31.6 Å². The van der Waals surface area contributed by atoms with Crippen molar-refractivity contribution in [1.82, 2.24) is 30.7 Å². The number of pyridine rings is 1. The van der Waals surface area contributed by atoms with Gasteiger partial charge in [0.05, 0.1) is 6.42 Å². The van der Waals surface area contributed by atoms with E-state index in [0.29, 0.717) is 24.8 Å². The van der Waals surface area contributed by atoms with Gasteiger partial charge in [0.25, 0.3) is 0 Å². The van der Waals surface area contributed by atoms with Crippen LogP contribution in [0.4, 0.5) is 4.79 Å². The Bertz CT molecular complexity index is 802. The maximum Gasteiger partial charge on any atom is 0.318 e. The van der Waals surface area contributed by atoms with Gasteiger partial charge in [-0.2, -0.15) is 4.98 Å². The smallest absolute Gasteiger partial charge is 0.318 e. The van der Waals surface area contributed by atoms with Crippen LogP contribution in [0, 0.1) is 0 Å². The Morgan fingerprint density at radius 3 is 2.85 bits per heavy atom. The highest BCUT2D eigenvalue weighted by atomic mass is 16.5. The lowest BCUT2D eigenvalue weighted by Crippen LogP contribution is -2.60. The molecule has 1 aliphatic heterocycles. The molecule has 3 heterocycles. The summed E-state index contributed by atoms with van der Waals surface area (Å²) in [6, 6.07) is 2.90. The molecule has 1 saturated heterocycles. The van der Waals surface area contributed by atoms with Gasteiger partial charge in [-0.15, -0.1) is 0 Å². The molecule has 9 heteroatoms. The normalized spacial score (nSPS) is 20.5. The lowest BCUT2D eigenvalue weighted by atomic mass is 10.1. The predicted molar refractivity (Wildman–Crippen MR) is 95.5 cm³/mol. The molecule has 142 valence electrons. The van der Waals surface area contributed by atoms with Crippen molar-refractivity contribution in [1.29, 1.82) is 0 Å². The molecule has 1 aliphatic carbocycles. The number of carbonyl (C=O) groups is 2. The maximum atomic E-state index is 12.7. The van der Waals surface area contributed by atoms with Gasteiger partial charge >= 0.3 is 6.03 Å². The molecule has 2 fully saturated rings. The minimum absolute atomic E-state index is 0.183. The zero-order valence-corrected chi connectivity index (χ0v) is 14.9. The summed E-state index contributed by atoms with van der Waals surface area (Å²) in [7, 11) is 0. The van der Waals surface area contributed by atoms with Crippen molar-refractivity contribution in [3.05, 3.63) is 30.4 Å². The van der Waals surface area contributed by atoms with Crippen LogP contribution in [-0.4, -0.2) is 57.1 Å². The number of urea groups is 1. The lowest BCUT2D eigenvalue weighted by Gasteiger charge is -2.35. The Morgan fingerprint density at radius 1 is 1.30 bits per heavy atom. The largest absolute Gasteiger partial charge is 0.353 e. The molecule has 4 rings (SSSR count). The van der Waals surface area contributed by atoms with Crippen LogP contribution < -0.4 is 10.6 Å². The predicted octanol–water partition coefficient (Wildman–Crippen LogP) is 1.13. The van der Waals surface area contributed by atoms with Crippen molar-refractivity contribution in [3.63, 3.8) is 0 Å². The first-order valence-corrected chi connectivity index (χ1v) is 9.28. The molecule has 2 aromatic rings. The number of rotatable bonds is 4. The van der Waals surface area contributed by atoms with Crippen molar-refractivity contribution in [2.45, 2.75) is 44.2 Å². The third-order valence-electron chi connectivity index (χ3n) is 5.05. The summed E-state index contributed by atoms with van der Waals surface area (Å²) in [5.74, 6) is 0.555. The third-order valence-corrected chi connectivity index (χ3v) is 5.05. The molecule has 0 aromatic carbocycles. The van der Waals surface area contributed by atoms with Crippen LogP contribution in [0.3, 0.4) is 0 Å². The van der Waals surface area contributed by atoms with Gasteiger partial charge < -0.3 is 20.1 Å². The third kappa shape index (κ3) is 3.91. The zero-order valence-electron chi connectivity index (χ0n) is 14.9. The van der Waals surface area contributed by atoms with Gasteiger partial charge in [-0.3, -0.25) is 9.78 Å². The second-order valence-electron chi connectivity index (χ2n) is 6.88. The minimum atomic E-state index is -0.661. The van der Waals surface area contributed by atoms with Crippen molar-refractivity contribution < 1.29 is 14.1 Å². The molecule has 27 heavy (non-hydrogen) atoms. The van der Waals surface area contributed by atoms with E-state index in [1.807, 2.05) is 0 Å². The number of amides is 3. The lowest BCUT2D eigenvalue weighted by molar-refractivity contribution is -0.127. The number of nitrogens with one attached hydrogen (secondary N) is 2. The number of hydrogen-bond donors (Lipinski definition) is 2. The second kappa shape index (κ2) is 7.73. The summed E-state index contributed by atoms with van der Waals surface area (Å²) in [6.45, 7) is 0.903. The molecular weight excluding hydrogens is 348 g/mol. The molecule has 9 nitrogen and oxygen atoms in total. The van der Waals surface area contributed by atoms with Crippen LogP contribution in [-0.2, 0) is 11.2 Å². The molecule has 2 N–H and O–H groups in total. The standard InChI is InChI=1S/C18H22N6O3/c25-17-14(11-15-22-16(23-27-15)12-5-7-19-8-6-12)24(10-9-20-17)18(26)21-13-3-1-2-4-13/h5-8,13-14H,1-4,9-11H2,(H,20,25)(H,21,26). The number of hydrogen-bond acceptors (Lipinski definition) is 6.